The third-order valence-corrected chi connectivity index (χ3v) is 9.77. The van der Waals surface area contributed by atoms with Crippen molar-refractivity contribution in [1.29, 1.82) is 0 Å². The molecule has 2 N–H and O–H groups in total. The highest BCUT2D eigenvalue weighted by Crippen LogP contribution is 2.41. The van der Waals surface area contributed by atoms with Gasteiger partial charge in [0.25, 0.3) is 16.1 Å². The molecule has 2 unspecified atom stereocenters. The quantitative estimate of drug-likeness (QED) is 0.713. The van der Waals surface area contributed by atoms with Crippen molar-refractivity contribution < 1.29 is 17.7 Å². The van der Waals surface area contributed by atoms with Gasteiger partial charge in [-0.1, -0.05) is 5.16 Å². The van der Waals surface area contributed by atoms with Crippen LogP contribution in [0.4, 0.5) is 0 Å². The van der Waals surface area contributed by atoms with Crippen LogP contribution in [0.2, 0.25) is 0 Å². The summed E-state index contributed by atoms with van der Waals surface area (Å²) >= 11 is 0. The van der Waals surface area contributed by atoms with Crippen molar-refractivity contribution in [1.82, 2.24) is 24.4 Å². The van der Waals surface area contributed by atoms with Crippen LogP contribution in [0, 0.1) is 0 Å². The summed E-state index contributed by atoms with van der Waals surface area (Å²) < 4.78 is 35.9. The summed E-state index contributed by atoms with van der Waals surface area (Å²) in [5.41, 5.74) is 0.330. The molecular weight excluding hydrogens is 406 g/mol. The van der Waals surface area contributed by atoms with E-state index in [-0.39, 0.29) is 36.1 Å². The second-order valence-electron chi connectivity index (χ2n) is 9.66. The van der Waals surface area contributed by atoms with Crippen molar-refractivity contribution in [2.24, 2.45) is 0 Å². The average Bonchev–Trinajstić information content (AvgIpc) is 3.40. The van der Waals surface area contributed by atoms with Crippen molar-refractivity contribution in [2.75, 3.05) is 13.1 Å². The fourth-order valence-electron chi connectivity index (χ4n) is 5.92. The molecule has 4 atom stereocenters. The molecule has 1 aromatic rings. The predicted octanol–water partition coefficient (Wildman–Crippen LogP) is 0.958. The van der Waals surface area contributed by atoms with E-state index in [1.54, 1.807) is 14.7 Å². The summed E-state index contributed by atoms with van der Waals surface area (Å²) in [5.74, 6) is 1.00. The lowest BCUT2D eigenvalue weighted by molar-refractivity contribution is 0.0891. The molecule has 7 rings (SSSR count). The number of fused-ring (bicyclic) bond motifs is 5. The highest BCUT2D eigenvalue weighted by atomic mass is 32.2. The first kappa shape index (κ1) is 19.2. The van der Waals surface area contributed by atoms with Crippen molar-refractivity contribution in [2.45, 2.75) is 87.5 Å². The SMILES string of the molecule is O=C(NC1C[C@@H]2CC[C@@H](C1)N2S(=O)(=O)N1CC2CCC1CN2)c1cc(C2CC2)on1. The minimum atomic E-state index is -3.47. The normalized spacial score (nSPS) is 36.9. The van der Waals surface area contributed by atoms with Crippen LogP contribution in [0.15, 0.2) is 10.6 Å². The van der Waals surface area contributed by atoms with Crippen LogP contribution in [0.25, 0.3) is 0 Å². The molecular formula is C20H29N5O4S. The van der Waals surface area contributed by atoms with Crippen LogP contribution in [-0.4, -0.2) is 71.4 Å². The molecule has 0 aromatic carbocycles. The Balaban J connectivity index is 1.13. The fourth-order valence-corrected chi connectivity index (χ4v) is 8.22. The topological polar surface area (TPSA) is 108 Å². The van der Waals surface area contributed by atoms with E-state index < -0.39 is 10.2 Å². The van der Waals surface area contributed by atoms with Gasteiger partial charge in [-0.3, -0.25) is 4.79 Å². The highest BCUT2D eigenvalue weighted by Gasteiger charge is 2.51. The molecule has 1 amide bonds. The molecule has 1 aromatic heterocycles. The van der Waals surface area contributed by atoms with Crippen molar-refractivity contribution in [3.8, 4) is 0 Å². The smallest absolute Gasteiger partial charge is 0.282 e. The number of amides is 1. The Morgan fingerprint density at radius 2 is 1.83 bits per heavy atom. The van der Waals surface area contributed by atoms with E-state index in [9.17, 15) is 13.2 Å². The first-order valence-corrected chi connectivity index (χ1v) is 12.7. The molecule has 10 heteroatoms. The molecule has 0 spiro atoms. The monoisotopic (exact) mass is 435 g/mol. The Morgan fingerprint density at radius 3 is 2.43 bits per heavy atom. The van der Waals surface area contributed by atoms with Crippen LogP contribution >= 0.6 is 0 Å². The molecule has 5 saturated heterocycles. The zero-order chi connectivity index (χ0) is 20.5. The first-order valence-electron chi connectivity index (χ1n) is 11.3. The van der Waals surface area contributed by atoms with Gasteiger partial charge in [0.15, 0.2) is 5.69 Å². The molecule has 0 radical (unpaired) electrons. The van der Waals surface area contributed by atoms with Crippen molar-refractivity contribution in [3.05, 3.63) is 17.5 Å². The van der Waals surface area contributed by atoms with Crippen LogP contribution in [0.1, 0.15) is 73.5 Å². The van der Waals surface area contributed by atoms with E-state index in [1.807, 2.05) is 0 Å². The Morgan fingerprint density at radius 1 is 1.10 bits per heavy atom. The number of nitrogens with zero attached hydrogens (tertiary/aromatic N) is 3. The molecule has 4 bridgehead atoms. The molecule has 6 heterocycles. The first-order chi connectivity index (χ1) is 14.5. The molecule has 30 heavy (non-hydrogen) atoms. The van der Waals surface area contributed by atoms with Crippen molar-refractivity contribution in [3.63, 3.8) is 0 Å². The van der Waals surface area contributed by atoms with Gasteiger partial charge in [-0.15, -0.1) is 0 Å². The van der Waals surface area contributed by atoms with Crippen molar-refractivity contribution >= 4 is 16.1 Å². The van der Waals surface area contributed by atoms with Gasteiger partial charge in [0.05, 0.1) is 0 Å². The van der Waals surface area contributed by atoms with Crippen LogP contribution in [-0.2, 0) is 10.2 Å². The van der Waals surface area contributed by atoms with E-state index in [2.05, 4.69) is 15.8 Å². The zero-order valence-corrected chi connectivity index (χ0v) is 17.8. The largest absolute Gasteiger partial charge is 0.360 e. The maximum Gasteiger partial charge on any atom is 0.282 e. The molecule has 6 fully saturated rings. The predicted molar refractivity (Wildman–Crippen MR) is 108 cm³/mol. The third kappa shape index (κ3) is 3.19. The summed E-state index contributed by atoms with van der Waals surface area (Å²) in [5, 5.41) is 10.4. The number of carbonyl (C=O) groups excluding carboxylic acids is 1. The van der Waals surface area contributed by atoms with Gasteiger partial charge < -0.3 is 15.2 Å². The standard InChI is InChI=1S/C20H29N5O4S/c26-20(18-9-19(29-23-18)12-1-2-12)22-14-7-15-5-6-16(8-14)25(15)30(27,28)24-11-13-3-4-17(24)10-21-13/h9,12-17,21H,1-8,10-11H2,(H,22,26)/t13?,15-,16-,17?/m0/s1. The number of hydrogen-bond acceptors (Lipinski definition) is 6. The van der Waals surface area contributed by atoms with Gasteiger partial charge in [0, 0.05) is 55.3 Å². The summed E-state index contributed by atoms with van der Waals surface area (Å²) in [7, 11) is -3.47. The summed E-state index contributed by atoms with van der Waals surface area (Å²) in [6.07, 6.45) is 7.26. The number of aromatic nitrogens is 1. The lowest BCUT2D eigenvalue weighted by atomic mass is 9.96. The zero-order valence-electron chi connectivity index (χ0n) is 17.0. The van der Waals surface area contributed by atoms with Gasteiger partial charge in [0.1, 0.15) is 5.76 Å². The molecule has 6 aliphatic rings. The van der Waals surface area contributed by atoms with Crippen LogP contribution in [0.5, 0.6) is 0 Å². The number of nitrogens with one attached hydrogen (secondary N) is 2. The van der Waals surface area contributed by atoms with E-state index >= 15 is 0 Å². The average molecular weight is 436 g/mol. The van der Waals surface area contributed by atoms with Gasteiger partial charge in [-0.2, -0.15) is 17.0 Å². The Hall–Kier alpha value is -1.49. The van der Waals surface area contributed by atoms with Gasteiger partial charge >= 0.3 is 0 Å². The fraction of sp³-hybridized carbons (Fsp3) is 0.800. The number of hydrogen-bond donors (Lipinski definition) is 2. The maximum atomic E-state index is 13.5. The third-order valence-electron chi connectivity index (χ3n) is 7.60. The highest BCUT2D eigenvalue weighted by molar-refractivity contribution is 7.86. The van der Waals surface area contributed by atoms with E-state index in [0.717, 1.165) is 50.8 Å². The summed E-state index contributed by atoms with van der Waals surface area (Å²) in [4.78, 5) is 12.6. The number of piperazine rings is 1. The summed E-state index contributed by atoms with van der Waals surface area (Å²) in [6, 6.07) is 2.01. The minimum Gasteiger partial charge on any atom is -0.360 e. The second kappa shape index (κ2) is 7.01. The number of rotatable bonds is 5. The maximum absolute atomic E-state index is 13.5. The number of carbonyl (C=O) groups is 1. The van der Waals surface area contributed by atoms with E-state index in [0.29, 0.717) is 31.0 Å². The lowest BCUT2D eigenvalue weighted by Gasteiger charge is -2.48. The lowest BCUT2D eigenvalue weighted by Crippen LogP contribution is -2.66. The van der Waals surface area contributed by atoms with Gasteiger partial charge in [0.2, 0.25) is 0 Å². The van der Waals surface area contributed by atoms with Gasteiger partial charge in [-0.25, -0.2) is 0 Å². The second-order valence-corrected chi connectivity index (χ2v) is 11.4. The summed E-state index contributed by atoms with van der Waals surface area (Å²) in [6.45, 7) is 1.34. The molecule has 9 nitrogen and oxygen atoms in total. The van der Waals surface area contributed by atoms with E-state index in [1.165, 1.54) is 0 Å². The molecule has 5 aliphatic heterocycles. The Labute approximate surface area is 176 Å². The number of piperidine rings is 3. The Kier molecular flexibility index (Phi) is 4.49. The van der Waals surface area contributed by atoms with Gasteiger partial charge in [-0.05, 0) is 51.4 Å². The molecule has 164 valence electrons. The Bertz CT molecular complexity index is 923. The van der Waals surface area contributed by atoms with E-state index in [4.69, 9.17) is 4.52 Å². The van der Waals surface area contributed by atoms with Crippen LogP contribution in [0.3, 0.4) is 0 Å². The molecule has 1 aliphatic carbocycles. The minimum absolute atomic E-state index is 0.0259. The van der Waals surface area contributed by atoms with Crippen LogP contribution < -0.4 is 10.6 Å². The molecule has 1 saturated carbocycles.